The monoisotopic (exact) mass is 267 g/mol. The minimum atomic E-state index is 0.530. The molecule has 2 rings (SSSR count). The van der Waals surface area contributed by atoms with E-state index in [1.165, 1.54) is 0 Å². The molecule has 0 aliphatic rings. The first-order valence-corrected chi connectivity index (χ1v) is 6.04. The molecule has 0 atom stereocenters. The maximum atomic E-state index is 5.72. The molecule has 2 aromatic rings. The maximum Gasteiger partial charge on any atom is 0.222 e. The fraction of sp³-hybridized carbons (Fsp3) is 0.167. The number of nitrogens with zero attached hydrogens (tertiary/aromatic N) is 2. The van der Waals surface area contributed by atoms with E-state index in [-0.39, 0.29) is 0 Å². The molecule has 1 heterocycles. The van der Waals surface area contributed by atoms with Gasteiger partial charge in [-0.25, -0.2) is 9.97 Å². The maximum absolute atomic E-state index is 5.72. The molecule has 0 unspecified atom stereocenters. The second-order valence-corrected chi connectivity index (χ2v) is 4.23. The van der Waals surface area contributed by atoms with E-state index in [0.717, 1.165) is 11.1 Å². The molecular formula is C12H11Cl2N3. The van der Waals surface area contributed by atoms with Crippen molar-refractivity contribution >= 4 is 29.2 Å². The molecule has 5 heteroatoms. The second kappa shape index (κ2) is 5.84. The molecule has 3 nitrogen and oxygen atoms in total. The van der Waals surface area contributed by atoms with Crippen LogP contribution in [-0.4, -0.2) is 9.97 Å². The Morgan fingerprint density at radius 1 is 1.00 bits per heavy atom. The predicted octanol–water partition coefficient (Wildman–Crippen LogP) is 3.48. The van der Waals surface area contributed by atoms with Gasteiger partial charge in [0, 0.05) is 12.4 Å². The number of hydrogen-bond donors (Lipinski definition) is 1. The standard InChI is InChI=1S/C12H11Cl2N3/c13-5-9-1-3-10(4-2-9)6-15-12-16-7-11(14)8-17-12/h1-4,7-8H,5-6H2,(H,15,16,17). The van der Waals surface area contributed by atoms with Crippen LogP contribution < -0.4 is 5.32 Å². The molecule has 0 bridgehead atoms. The van der Waals surface area contributed by atoms with Gasteiger partial charge in [-0.3, -0.25) is 0 Å². The SMILES string of the molecule is ClCc1ccc(CNc2ncc(Cl)cn2)cc1. The Hall–Kier alpha value is -1.32. The van der Waals surface area contributed by atoms with Crippen LogP contribution >= 0.6 is 23.2 Å². The summed E-state index contributed by atoms with van der Waals surface area (Å²) < 4.78 is 0. The Morgan fingerprint density at radius 2 is 1.59 bits per heavy atom. The van der Waals surface area contributed by atoms with Crippen LogP contribution in [0.3, 0.4) is 0 Å². The number of halogens is 2. The second-order valence-electron chi connectivity index (χ2n) is 3.53. The van der Waals surface area contributed by atoms with Crippen LogP contribution in [0.1, 0.15) is 11.1 Å². The molecule has 0 saturated carbocycles. The Bertz CT molecular complexity index is 468. The van der Waals surface area contributed by atoms with Crippen LogP contribution in [0.5, 0.6) is 0 Å². The highest BCUT2D eigenvalue weighted by Gasteiger charge is 1.97. The van der Waals surface area contributed by atoms with Crippen molar-refractivity contribution in [1.29, 1.82) is 0 Å². The van der Waals surface area contributed by atoms with Crippen LogP contribution in [0.2, 0.25) is 5.02 Å². The third-order valence-corrected chi connectivity index (χ3v) is 2.75. The molecule has 0 saturated heterocycles. The third-order valence-electron chi connectivity index (χ3n) is 2.25. The molecule has 1 aromatic carbocycles. The van der Waals surface area contributed by atoms with Crippen molar-refractivity contribution in [2.45, 2.75) is 12.4 Å². The molecule has 0 fully saturated rings. The van der Waals surface area contributed by atoms with Gasteiger partial charge in [0.15, 0.2) is 0 Å². The molecule has 0 aliphatic heterocycles. The quantitative estimate of drug-likeness (QED) is 0.862. The van der Waals surface area contributed by atoms with Gasteiger partial charge < -0.3 is 5.32 Å². The van der Waals surface area contributed by atoms with Crippen LogP contribution in [-0.2, 0) is 12.4 Å². The smallest absolute Gasteiger partial charge is 0.222 e. The summed E-state index contributed by atoms with van der Waals surface area (Å²) in [6.45, 7) is 0.671. The van der Waals surface area contributed by atoms with E-state index < -0.39 is 0 Å². The van der Waals surface area contributed by atoms with Crippen molar-refractivity contribution in [2.24, 2.45) is 0 Å². The largest absolute Gasteiger partial charge is 0.350 e. The summed E-state index contributed by atoms with van der Waals surface area (Å²) in [4.78, 5) is 8.10. The molecule has 1 N–H and O–H groups in total. The van der Waals surface area contributed by atoms with Gasteiger partial charge >= 0.3 is 0 Å². The minimum absolute atomic E-state index is 0.530. The van der Waals surface area contributed by atoms with Gasteiger partial charge in [0.25, 0.3) is 0 Å². The van der Waals surface area contributed by atoms with Gasteiger partial charge in [-0.15, -0.1) is 11.6 Å². The number of hydrogen-bond acceptors (Lipinski definition) is 3. The summed E-state index contributed by atoms with van der Waals surface area (Å²) in [5, 5.41) is 3.64. The molecule has 1 aromatic heterocycles. The van der Waals surface area contributed by atoms with Gasteiger partial charge in [0.2, 0.25) is 5.95 Å². The number of nitrogens with one attached hydrogen (secondary N) is 1. The Kier molecular flexibility index (Phi) is 4.18. The zero-order valence-electron chi connectivity index (χ0n) is 9.03. The number of rotatable bonds is 4. The summed E-state index contributed by atoms with van der Waals surface area (Å²) in [5.74, 6) is 1.10. The van der Waals surface area contributed by atoms with Crippen molar-refractivity contribution in [3.05, 3.63) is 52.8 Å². The summed E-state index contributed by atoms with van der Waals surface area (Å²) in [6.07, 6.45) is 3.13. The first-order chi connectivity index (χ1) is 8.28. The zero-order valence-corrected chi connectivity index (χ0v) is 10.5. The predicted molar refractivity (Wildman–Crippen MR) is 70.4 cm³/mol. The van der Waals surface area contributed by atoms with Crippen LogP contribution in [0.15, 0.2) is 36.7 Å². The van der Waals surface area contributed by atoms with E-state index in [9.17, 15) is 0 Å². The van der Waals surface area contributed by atoms with Gasteiger partial charge in [-0.2, -0.15) is 0 Å². The zero-order chi connectivity index (χ0) is 12.1. The van der Waals surface area contributed by atoms with E-state index in [2.05, 4.69) is 15.3 Å². The highest BCUT2D eigenvalue weighted by Crippen LogP contribution is 2.09. The fourth-order valence-corrected chi connectivity index (χ4v) is 1.61. The molecule has 17 heavy (non-hydrogen) atoms. The molecule has 88 valence electrons. The van der Waals surface area contributed by atoms with Crippen molar-refractivity contribution in [1.82, 2.24) is 9.97 Å². The Labute approximate surface area is 110 Å². The van der Waals surface area contributed by atoms with Crippen molar-refractivity contribution in [3.8, 4) is 0 Å². The van der Waals surface area contributed by atoms with Crippen molar-refractivity contribution in [3.63, 3.8) is 0 Å². The number of benzene rings is 1. The van der Waals surface area contributed by atoms with E-state index >= 15 is 0 Å². The van der Waals surface area contributed by atoms with Gasteiger partial charge in [0.05, 0.1) is 17.4 Å². The van der Waals surface area contributed by atoms with E-state index in [4.69, 9.17) is 23.2 Å². The summed E-state index contributed by atoms with van der Waals surface area (Å²) >= 11 is 11.4. The summed E-state index contributed by atoms with van der Waals surface area (Å²) in [6, 6.07) is 8.07. The lowest BCUT2D eigenvalue weighted by atomic mass is 10.1. The Balaban J connectivity index is 1.95. The lowest BCUT2D eigenvalue weighted by Crippen LogP contribution is -2.02. The first kappa shape index (κ1) is 12.1. The molecule has 0 amide bonds. The highest BCUT2D eigenvalue weighted by atomic mass is 35.5. The van der Waals surface area contributed by atoms with Crippen LogP contribution in [0, 0.1) is 0 Å². The normalized spacial score (nSPS) is 10.2. The molecular weight excluding hydrogens is 257 g/mol. The summed E-state index contributed by atoms with van der Waals surface area (Å²) in [7, 11) is 0. The van der Waals surface area contributed by atoms with Gasteiger partial charge in [-0.05, 0) is 11.1 Å². The third kappa shape index (κ3) is 3.58. The van der Waals surface area contributed by atoms with Gasteiger partial charge in [0.1, 0.15) is 0 Å². The average Bonchev–Trinajstić information content (AvgIpc) is 2.39. The number of aromatic nitrogens is 2. The minimum Gasteiger partial charge on any atom is -0.350 e. The number of alkyl halides is 1. The van der Waals surface area contributed by atoms with E-state index in [1.807, 2.05) is 24.3 Å². The Morgan fingerprint density at radius 3 is 2.18 bits per heavy atom. The lowest BCUT2D eigenvalue weighted by Gasteiger charge is -2.05. The lowest BCUT2D eigenvalue weighted by molar-refractivity contribution is 1.05. The van der Waals surface area contributed by atoms with Crippen molar-refractivity contribution in [2.75, 3.05) is 5.32 Å². The van der Waals surface area contributed by atoms with Crippen LogP contribution in [0.25, 0.3) is 0 Å². The van der Waals surface area contributed by atoms with E-state index in [0.29, 0.717) is 23.4 Å². The van der Waals surface area contributed by atoms with Crippen molar-refractivity contribution < 1.29 is 0 Å². The first-order valence-electron chi connectivity index (χ1n) is 5.13. The fourth-order valence-electron chi connectivity index (χ4n) is 1.33. The molecule has 0 spiro atoms. The average molecular weight is 268 g/mol. The van der Waals surface area contributed by atoms with Gasteiger partial charge in [-0.1, -0.05) is 35.9 Å². The van der Waals surface area contributed by atoms with Crippen LogP contribution in [0.4, 0.5) is 5.95 Å². The highest BCUT2D eigenvalue weighted by molar-refractivity contribution is 6.30. The topological polar surface area (TPSA) is 37.8 Å². The number of anilines is 1. The summed E-state index contributed by atoms with van der Waals surface area (Å²) in [5.41, 5.74) is 2.26. The molecule has 0 radical (unpaired) electrons. The van der Waals surface area contributed by atoms with E-state index in [1.54, 1.807) is 12.4 Å². The molecule has 0 aliphatic carbocycles.